The summed E-state index contributed by atoms with van der Waals surface area (Å²) in [6.45, 7) is 10.1. The Morgan fingerprint density at radius 1 is 1.21 bits per heavy atom. The van der Waals surface area contributed by atoms with Gasteiger partial charge in [-0.3, -0.25) is 14.2 Å². The molecule has 1 aliphatic rings. The summed E-state index contributed by atoms with van der Waals surface area (Å²) in [7, 11) is -3.19. The van der Waals surface area contributed by atoms with E-state index >= 15 is 0 Å². The van der Waals surface area contributed by atoms with Crippen LogP contribution in [0.4, 0.5) is 0 Å². The second kappa shape index (κ2) is 8.20. The van der Waals surface area contributed by atoms with Gasteiger partial charge in [0.15, 0.2) is 0 Å². The molecule has 1 saturated heterocycles. The number of nitrogens with zero attached hydrogens (tertiary/aromatic N) is 6. The van der Waals surface area contributed by atoms with Gasteiger partial charge in [0.25, 0.3) is 0 Å². The van der Waals surface area contributed by atoms with E-state index in [-0.39, 0.29) is 17.7 Å². The van der Waals surface area contributed by atoms with Crippen molar-refractivity contribution in [1.29, 1.82) is 0 Å². The van der Waals surface area contributed by atoms with Crippen molar-refractivity contribution in [2.75, 3.05) is 31.9 Å². The zero-order valence-electron chi connectivity index (χ0n) is 17.1. The second-order valence-corrected chi connectivity index (χ2v) is 9.66. The highest BCUT2D eigenvalue weighted by atomic mass is 32.2. The summed E-state index contributed by atoms with van der Waals surface area (Å²) in [5.41, 5.74) is 2.86. The smallest absolute Gasteiger partial charge is 0.224 e. The van der Waals surface area contributed by atoms with Crippen LogP contribution in [0, 0.1) is 6.92 Å². The molecule has 1 amide bonds. The van der Waals surface area contributed by atoms with E-state index in [0.717, 1.165) is 16.7 Å². The summed E-state index contributed by atoms with van der Waals surface area (Å²) in [6.07, 6.45) is 2.74. The Morgan fingerprint density at radius 3 is 2.50 bits per heavy atom. The van der Waals surface area contributed by atoms with Crippen molar-refractivity contribution in [2.24, 2.45) is 0 Å². The Bertz CT molecular complexity index is 938. The van der Waals surface area contributed by atoms with Gasteiger partial charge >= 0.3 is 0 Å². The molecular weight excluding hydrogens is 380 g/mol. The minimum Gasteiger partial charge on any atom is -0.340 e. The molecule has 1 aliphatic heterocycles. The molecule has 0 atom stereocenters. The minimum atomic E-state index is -3.19. The molecule has 2 aromatic heterocycles. The Kier molecular flexibility index (Phi) is 6.09. The molecule has 0 aromatic carbocycles. The lowest BCUT2D eigenvalue weighted by atomic mass is 10.3. The number of piperazine rings is 1. The molecule has 9 nitrogen and oxygen atoms in total. The first-order valence-corrected chi connectivity index (χ1v) is 11.5. The first-order chi connectivity index (χ1) is 13.2. The van der Waals surface area contributed by atoms with Crippen molar-refractivity contribution in [3.05, 3.63) is 11.9 Å². The standard InChI is InChI=1S/C18H30N6O3S/c1-5-12-28(26,27)22-10-8-21(9-11-22)17(25)6-7-23-18-15(4)20-24(14(2)3)16(18)13-19-23/h13-14H,5-12H2,1-4H3. The van der Waals surface area contributed by atoms with E-state index in [9.17, 15) is 13.2 Å². The average Bonchev–Trinajstić information content (AvgIpc) is 3.21. The van der Waals surface area contributed by atoms with Crippen LogP contribution in [0.2, 0.25) is 0 Å². The summed E-state index contributed by atoms with van der Waals surface area (Å²) < 4.78 is 29.6. The quantitative estimate of drug-likeness (QED) is 0.688. The van der Waals surface area contributed by atoms with Crippen molar-refractivity contribution in [2.45, 2.75) is 53.1 Å². The van der Waals surface area contributed by atoms with Gasteiger partial charge in [0.1, 0.15) is 11.0 Å². The SMILES string of the molecule is CCCS(=O)(=O)N1CCN(C(=O)CCn2ncc3c2c(C)nn3C(C)C)CC1. The first-order valence-electron chi connectivity index (χ1n) is 9.90. The summed E-state index contributed by atoms with van der Waals surface area (Å²) in [6, 6.07) is 0.246. The molecule has 0 saturated carbocycles. The normalized spacial score (nSPS) is 16.4. The Labute approximate surface area is 166 Å². The van der Waals surface area contributed by atoms with Crippen molar-refractivity contribution in [1.82, 2.24) is 28.8 Å². The Hall–Kier alpha value is -1.94. The van der Waals surface area contributed by atoms with Crippen LogP contribution in [-0.2, 0) is 21.4 Å². The van der Waals surface area contributed by atoms with Crippen LogP contribution < -0.4 is 0 Å². The number of fused-ring (bicyclic) bond motifs is 1. The van der Waals surface area contributed by atoms with Gasteiger partial charge in [-0.25, -0.2) is 8.42 Å². The van der Waals surface area contributed by atoms with E-state index in [1.54, 1.807) is 11.1 Å². The van der Waals surface area contributed by atoms with Gasteiger partial charge in [0.05, 0.1) is 24.2 Å². The topological polar surface area (TPSA) is 93.3 Å². The van der Waals surface area contributed by atoms with Crippen molar-refractivity contribution < 1.29 is 13.2 Å². The number of carbonyl (C=O) groups is 1. The molecule has 3 heterocycles. The Balaban J connectivity index is 1.59. The number of carbonyl (C=O) groups excluding carboxylic acids is 1. The van der Waals surface area contributed by atoms with E-state index in [0.29, 0.717) is 45.6 Å². The van der Waals surface area contributed by atoms with Crippen LogP contribution >= 0.6 is 0 Å². The van der Waals surface area contributed by atoms with E-state index in [1.165, 1.54) is 4.31 Å². The Morgan fingerprint density at radius 2 is 1.89 bits per heavy atom. The maximum Gasteiger partial charge on any atom is 0.224 e. The highest BCUT2D eigenvalue weighted by Crippen LogP contribution is 2.21. The molecule has 0 radical (unpaired) electrons. The van der Waals surface area contributed by atoms with Gasteiger partial charge in [-0.15, -0.1) is 0 Å². The fourth-order valence-corrected chi connectivity index (χ4v) is 5.20. The molecule has 10 heteroatoms. The predicted octanol–water partition coefficient (Wildman–Crippen LogP) is 1.40. The third kappa shape index (κ3) is 4.07. The lowest BCUT2D eigenvalue weighted by molar-refractivity contribution is -0.132. The van der Waals surface area contributed by atoms with Crippen LogP contribution in [-0.4, -0.2) is 75.0 Å². The number of amides is 1. The highest BCUT2D eigenvalue weighted by molar-refractivity contribution is 7.89. The average molecular weight is 411 g/mol. The molecule has 28 heavy (non-hydrogen) atoms. The number of sulfonamides is 1. The fourth-order valence-electron chi connectivity index (χ4n) is 3.70. The first kappa shape index (κ1) is 20.8. The number of hydrogen-bond acceptors (Lipinski definition) is 5. The molecule has 2 aromatic rings. The largest absolute Gasteiger partial charge is 0.340 e. The molecule has 0 bridgehead atoms. The van der Waals surface area contributed by atoms with Gasteiger partial charge in [-0.1, -0.05) is 6.92 Å². The van der Waals surface area contributed by atoms with Crippen molar-refractivity contribution >= 4 is 27.0 Å². The highest BCUT2D eigenvalue weighted by Gasteiger charge is 2.28. The van der Waals surface area contributed by atoms with E-state index < -0.39 is 10.0 Å². The molecule has 0 aliphatic carbocycles. The summed E-state index contributed by atoms with van der Waals surface area (Å²) in [5, 5.41) is 9.01. The predicted molar refractivity (Wildman–Crippen MR) is 107 cm³/mol. The summed E-state index contributed by atoms with van der Waals surface area (Å²) in [5.74, 6) is 0.199. The van der Waals surface area contributed by atoms with Crippen LogP contribution in [0.1, 0.15) is 45.3 Å². The molecule has 0 spiro atoms. The van der Waals surface area contributed by atoms with Crippen LogP contribution in [0.25, 0.3) is 11.0 Å². The van der Waals surface area contributed by atoms with Crippen LogP contribution in [0.15, 0.2) is 6.20 Å². The number of aryl methyl sites for hydroxylation is 2. The van der Waals surface area contributed by atoms with Gasteiger partial charge in [0, 0.05) is 38.6 Å². The van der Waals surface area contributed by atoms with Gasteiger partial charge in [-0.05, 0) is 27.2 Å². The van der Waals surface area contributed by atoms with Crippen molar-refractivity contribution in [3.63, 3.8) is 0 Å². The number of aromatic nitrogens is 4. The van der Waals surface area contributed by atoms with Gasteiger partial charge in [-0.2, -0.15) is 14.5 Å². The van der Waals surface area contributed by atoms with Crippen molar-refractivity contribution in [3.8, 4) is 0 Å². The molecular formula is C18H30N6O3S. The lowest BCUT2D eigenvalue weighted by Crippen LogP contribution is -2.51. The summed E-state index contributed by atoms with van der Waals surface area (Å²) in [4.78, 5) is 14.4. The summed E-state index contributed by atoms with van der Waals surface area (Å²) >= 11 is 0. The fraction of sp³-hybridized carbons (Fsp3) is 0.722. The molecule has 3 rings (SSSR count). The maximum absolute atomic E-state index is 12.6. The number of rotatable bonds is 7. The lowest BCUT2D eigenvalue weighted by Gasteiger charge is -2.34. The van der Waals surface area contributed by atoms with E-state index in [4.69, 9.17) is 0 Å². The second-order valence-electron chi connectivity index (χ2n) is 7.57. The van der Waals surface area contributed by atoms with Crippen LogP contribution in [0.3, 0.4) is 0 Å². The molecule has 0 unspecified atom stereocenters. The zero-order chi connectivity index (χ0) is 20.5. The molecule has 0 N–H and O–H groups in total. The van der Waals surface area contributed by atoms with Crippen LogP contribution in [0.5, 0.6) is 0 Å². The molecule has 156 valence electrons. The van der Waals surface area contributed by atoms with E-state index in [2.05, 4.69) is 24.0 Å². The maximum atomic E-state index is 12.6. The van der Waals surface area contributed by atoms with Gasteiger partial charge < -0.3 is 4.90 Å². The number of hydrogen-bond donors (Lipinski definition) is 0. The van der Waals surface area contributed by atoms with Gasteiger partial charge in [0.2, 0.25) is 15.9 Å². The minimum absolute atomic E-state index is 0.0325. The third-order valence-corrected chi connectivity index (χ3v) is 7.22. The van der Waals surface area contributed by atoms with E-state index in [1.807, 2.05) is 23.2 Å². The molecule has 1 fully saturated rings. The third-order valence-electron chi connectivity index (χ3n) is 5.14. The monoisotopic (exact) mass is 410 g/mol. The zero-order valence-corrected chi connectivity index (χ0v) is 17.9.